The Kier molecular flexibility index (Phi) is 4.35. The molecule has 0 unspecified atom stereocenters. The van der Waals surface area contributed by atoms with Gasteiger partial charge in [0.05, 0.1) is 18.2 Å². The van der Waals surface area contributed by atoms with Crippen LogP contribution in [0.2, 0.25) is 0 Å². The molecule has 0 bridgehead atoms. The van der Waals surface area contributed by atoms with E-state index in [2.05, 4.69) is 10.2 Å². The summed E-state index contributed by atoms with van der Waals surface area (Å²) in [5, 5.41) is 7.23. The van der Waals surface area contributed by atoms with Crippen LogP contribution in [0.3, 0.4) is 0 Å². The fourth-order valence-electron chi connectivity index (χ4n) is 3.35. The van der Waals surface area contributed by atoms with Crippen LogP contribution in [0.1, 0.15) is 35.4 Å². The molecule has 1 aromatic heterocycles. The Morgan fingerprint density at radius 3 is 2.46 bits per heavy atom. The summed E-state index contributed by atoms with van der Waals surface area (Å²) in [5.74, 6) is 1.03. The lowest BCUT2D eigenvalue weighted by Gasteiger charge is -2.24. The van der Waals surface area contributed by atoms with Crippen molar-refractivity contribution in [1.82, 2.24) is 15.1 Å². The number of carbonyl (C=O) groups excluding carboxylic acids is 1. The summed E-state index contributed by atoms with van der Waals surface area (Å²) in [6.45, 7) is 4.73. The Labute approximate surface area is 143 Å². The molecule has 1 heterocycles. The zero-order chi connectivity index (χ0) is 17.3. The van der Waals surface area contributed by atoms with Gasteiger partial charge in [-0.1, -0.05) is 12.1 Å². The van der Waals surface area contributed by atoms with Gasteiger partial charge >= 0.3 is 0 Å². The van der Waals surface area contributed by atoms with Gasteiger partial charge in [0.15, 0.2) is 0 Å². The summed E-state index contributed by atoms with van der Waals surface area (Å²) in [6, 6.07) is 7.89. The molecule has 1 amide bonds. The zero-order valence-corrected chi connectivity index (χ0v) is 14.8. The van der Waals surface area contributed by atoms with Crippen molar-refractivity contribution in [2.75, 3.05) is 20.7 Å². The highest BCUT2D eigenvalue weighted by atomic mass is 16.5. The second-order valence-electron chi connectivity index (χ2n) is 6.70. The SMILES string of the molecule is COc1ccc(C2(C(=O)N(C)CCc3c(C)n[nH]c3C)CC2)cc1. The minimum absolute atomic E-state index is 0.214. The number of carbonyl (C=O) groups is 1. The molecule has 1 fully saturated rings. The Bertz CT molecular complexity index is 710. The number of methoxy groups -OCH3 is 1. The van der Waals surface area contributed by atoms with Crippen LogP contribution in [0, 0.1) is 13.8 Å². The van der Waals surface area contributed by atoms with Crippen LogP contribution in [0.5, 0.6) is 5.75 Å². The standard InChI is InChI=1S/C19H25N3O2/c1-13-17(14(2)21-20-13)9-12-22(3)18(23)19(10-11-19)15-5-7-16(24-4)8-6-15/h5-8H,9-12H2,1-4H3,(H,20,21). The first-order chi connectivity index (χ1) is 11.5. The summed E-state index contributed by atoms with van der Waals surface area (Å²) in [7, 11) is 3.55. The van der Waals surface area contributed by atoms with Crippen molar-refractivity contribution in [2.45, 2.75) is 38.5 Å². The molecule has 1 aromatic carbocycles. The van der Waals surface area contributed by atoms with Gasteiger partial charge in [0.2, 0.25) is 5.91 Å². The topological polar surface area (TPSA) is 58.2 Å². The number of hydrogen-bond donors (Lipinski definition) is 1. The average molecular weight is 327 g/mol. The number of rotatable bonds is 6. The number of amides is 1. The average Bonchev–Trinajstić information content (AvgIpc) is 3.35. The highest BCUT2D eigenvalue weighted by molar-refractivity contribution is 5.91. The molecule has 128 valence electrons. The second kappa shape index (κ2) is 6.30. The highest BCUT2D eigenvalue weighted by Crippen LogP contribution is 2.49. The largest absolute Gasteiger partial charge is 0.497 e. The van der Waals surface area contributed by atoms with Crippen molar-refractivity contribution < 1.29 is 9.53 Å². The molecule has 24 heavy (non-hydrogen) atoms. The van der Waals surface area contributed by atoms with E-state index in [4.69, 9.17) is 4.74 Å². The van der Waals surface area contributed by atoms with Crippen molar-refractivity contribution in [3.05, 3.63) is 46.8 Å². The van der Waals surface area contributed by atoms with Crippen LogP contribution in [-0.4, -0.2) is 41.7 Å². The Morgan fingerprint density at radius 2 is 1.96 bits per heavy atom. The molecule has 5 heteroatoms. The number of nitrogens with one attached hydrogen (secondary N) is 1. The fraction of sp³-hybridized carbons (Fsp3) is 0.474. The number of benzene rings is 1. The number of aryl methyl sites for hydroxylation is 2. The van der Waals surface area contributed by atoms with Gasteiger partial charge in [-0.2, -0.15) is 5.10 Å². The normalized spacial score (nSPS) is 15.2. The predicted molar refractivity (Wildman–Crippen MR) is 93.3 cm³/mol. The molecule has 1 N–H and O–H groups in total. The van der Waals surface area contributed by atoms with Crippen LogP contribution in [0.15, 0.2) is 24.3 Å². The molecule has 0 saturated heterocycles. The van der Waals surface area contributed by atoms with Crippen molar-refractivity contribution in [1.29, 1.82) is 0 Å². The van der Waals surface area contributed by atoms with Gasteiger partial charge < -0.3 is 9.64 Å². The van der Waals surface area contributed by atoms with Gasteiger partial charge in [-0.25, -0.2) is 0 Å². The number of aromatic nitrogens is 2. The van der Waals surface area contributed by atoms with E-state index < -0.39 is 0 Å². The van der Waals surface area contributed by atoms with E-state index in [0.29, 0.717) is 6.54 Å². The lowest BCUT2D eigenvalue weighted by Crippen LogP contribution is -2.37. The molecular weight excluding hydrogens is 302 g/mol. The number of H-pyrrole nitrogens is 1. The molecule has 1 saturated carbocycles. The van der Waals surface area contributed by atoms with Crippen molar-refractivity contribution in [2.24, 2.45) is 0 Å². The van der Waals surface area contributed by atoms with Crippen molar-refractivity contribution >= 4 is 5.91 Å². The minimum atomic E-state index is -0.332. The third kappa shape index (κ3) is 2.90. The highest BCUT2D eigenvalue weighted by Gasteiger charge is 2.52. The molecule has 0 radical (unpaired) electrons. The predicted octanol–water partition coefficient (Wildman–Crippen LogP) is 2.77. The van der Waals surface area contributed by atoms with E-state index in [1.165, 1.54) is 5.56 Å². The fourth-order valence-corrected chi connectivity index (χ4v) is 3.35. The monoisotopic (exact) mass is 327 g/mol. The molecule has 1 aliphatic rings. The van der Waals surface area contributed by atoms with E-state index in [1.54, 1.807) is 7.11 Å². The van der Waals surface area contributed by atoms with Crippen LogP contribution in [-0.2, 0) is 16.6 Å². The van der Waals surface area contributed by atoms with E-state index in [1.807, 2.05) is 50.1 Å². The molecule has 1 aliphatic carbocycles. The lowest BCUT2D eigenvalue weighted by molar-refractivity contribution is -0.132. The Balaban J connectivity index is 1.68. The van der Waals surface area contributed by atoms with Crippen molar-refractivity contribution in [3.63, 3.8) is 0 Å². The Morgan fingerprint density at radius 1 is 1.29 bits per heavy atom. The van der Waals surface area contributed by atoms with E-state index >= 15 is 0 Å². The Hall–Kier alpha value is -2.30. The summed E-state index contributed by atoms with van der Waals surface area (Å²) < 4.78 is 5.21. The first kappa shape index (κ1) is 16.6. The van der Waals surface area contributed by atoms with Gasteiger partial charge in [0, 0.05) is 19.3 Å². The van der Waals surface area contributed by atoms with Crippen LogP contribution in [0.25, 0.3) is 0 Å². The summed E-state index contributed by atoms with van der Waals surface area (Å²) in [6.07, 6.45) is 2.67. The summed E-state index contributed by atoms with van der Waals surface area (Å²) >= 11 is 0. The first-order valence-electron chi connectivity index (χ1n) is 8.38. The van der Waals surface area contributed by atoms with Gasteiger partial charge in [0.1, 0.15) is 5.75 Å². The molecule has 5 nitrogen and oxygen atoms in total. The number of nitrogens with zero attached hydrogens (tertiary/aromatic N) is 2. The van der Waals surface area contributed by atoms with Gasteiger partial charge in [-0.05, 0) is 56.4 Å². The van der Waals surface area contributed by atoms with E-state index in [9.17, 15) is 4.79 Å². The maximum Gasteiger partial charge on any atom is 0.232 e. The molecule has 0 atom stereocenters. The number of aromatic amines is 1. The molecule has 2 aromatic rings. The molecular formula is C19H25N3O2. The number of likely N-dealkylation sites (N-methyl/N-ethyl adjacent to an activating group) is 1. The molecule has 3 rings (SSSR count). The second-order valence-corrected chi connectivity index (χ2v) is 6.70. The van der Waals surface area contributed by atoms with E-state index in [-0.39, 0.29) is 11.3 Å². The molecule has 0 spiro atoms. The lowest BCUT2D eigenvalue weighted by atomic mass is 9.94. The molecule has 0 aliphatic heterocycles. The summed E-state index contributed by atoms with van der Waals surface area (Å²) in [4.78, 5) is 14.8. The van der Waals surface area contributed by atoms with Gasteiger partial charge in [-0.3, -0.25) is 9.89 Å². The number of ether oxygens (including phenoxy) is 1. The zero-order valence-electron chi connectivity index (χ0n) is 14.8. The minimum Gasteiger partial charge on any atom is -0.497 e. The third-order valence-corrected chi connectivity index (χ3v) is 5.13. The third-order valence-electron chi connectivity index (χ3n) is 5.13. The maximum absolute atomic E-state index is 13.0. The van der Waals surface area contributed by atoms with Gasteiger partial charge in [0.25, 0.3) is 0 Å². The van der Waals surface area contributed by atoms with Crippen LogP contribution >= 0.6 is 0 Å². The summed E-state index contributed by atoms with van der Waals surface area (Å²) in [5.41, 5.74) is 4.08. The first-order valence-corrected chi connectivity index (χ1v) is 8.38. The maximum atomic E-state index is 13.0. The smallest absolute Gasteiger partial charge is 0.232 e. The van der Waals surface area contributed by atoms with Crippen LogP contribution in [0.4, 0.5) is 0 Å². The van der Waals surface area contributed by atoms with E-state index in [0.717, 1.165) is 42.0 Å². The number of hydrogen-bond acceptors (Lipinski definition) is 3. The quantitative estimate of drug-likeness (QED) is 0.887. The van der Waals surface area contributed by atoms with Gasteiger partial charge in [-0.15, -0.1) is 0 Å². The van der Waals surface area contributed by atoms with Crippen LogP contribution < -0.4 is 4.74 Å². The van der Waals surface area contributed by atoms with Crippen molar-refractivity contribution in [3.8, 4) is 5.75 Å².